The van der Waals surface area contributed by atoms with E-state index in [4.69, 9.17) is 28.4 Å². The molecule has 0 aliphatic carbocycles. The summed E-state index contributed by atoms with van der Waals surface area (Å²) in [5, 5.41) is 3.97. The standard InChI is InChI=1S/C27H31N3O9S/c1-34-20-9-7-19(8-10-20)30(40(32,33)21-11-12-22(35-2)23(15-21)36-3)17-26(31)29-28-16-18-13-24(37-4)27(39-6)25(14-18)38-5/h7-16H,17H2,1-6H3,(H,29,31)/b28-16-. The largest absolute Gasteiger partial charge is 0.497 e. The van der Waals surface area contributed by atoms with Gasteiger partial charge < -0.3 is 28.4 Å². The Hall–Kier alpha value is -4.65. The molecule has 0 atom stereocenters. The van der Waals surface area contributed by atoms with Crippen molar-refractivity contribution in [3.8, 4) is 34.5 Å². The van der Waals surface area contributed by atoms with E-state index in [1.807, 2.05) is 0 Å². The quantitative estimate of drug-likeness (QED) is 0.242. The van der Waals surface area contributed by atoms with Gasteiger partial charge in [0.1, 0.15) is 12.3 Å². The molecule has 0 unspecified atom stereocenters. The van der Waals surface area contributed by atoms with Crippen LogP contribution in [0.25, 0.3) is 0 Å². The number of benzene rings is 3. The maximum Gasteiger partial charge on any atom is 0.264 e. The molecule has 12 nitrogen and oxygen atoms in total. The van der Waals surface area contributed by atoms with Crippen LogP contribution in [-0.2, 0) is 14.8 Å². The number of nitrogens with one attached hydrogen (secondary N) is 1. The monoisotopic (exact) mass is 573 g/mol. The van der Waals surface area contributed by atoms with E-state index >= 15 is 0 Å². The summed E-state index contributed by atoms with van der Waals surface area (Å²) < 4.78 is 60.0. The van der Waals surface area contributed by atoms with Gasteiger partial charge >= 0.3 is 0 Å². The van der Waals surface area contributed by atoms with Crippen molar-refractivity contribution in [3.05, 3.63) is 60.2 Å². The van der Waals surface area contributed by atoms with Gasteiger partial charge in [-0.05, 0) is 48.5 Å². The summed E-state index contributed by atoms with van der Waals surface area (Å²) in [6, 6.07) is 13.7. The van der Waals surface area contributed by atoms with E-state index in [0.717, 1.165) is 4.31 Å². The Bertz CT molecular complexity index is 1430. The molecule has 0 spiro atoms. The SMILES string of the molecule is COc1ccc(N(CC(=O)N/N=C\c2cc(OC)c(OC)c(OC)c2)S(=O)(=O)c2ccc(OC)c(OC)c2)cc1. The molecule has 0 saturated carbocycles. The molecule has 1 N–H and O–H groups in total. The lowest BCUT2D eigenvalue weighted by Crippen LogP contribution is -2.39. The van der Waals surface area contributed by atoms with Crippen LogP contribution in [0.5, 0.6) is 34.5 Å². The third kappa shape index (κ3) is 6.67. The van der Waals surface area contributed by atoms with Crippen LogP contribution in [0.1, 0.15) is 5.56 Å². The lowest BCUT2D eigenvalue weighted by Gasteiger charge is -2.24. The van der Waals surface area contributed by atoms with Gasteiger partial charge in [0.15, 0.2) is 23.0 Å². The lowest BCUT2D eigenvalue weighted by atomic mass is 10.2. The van der Waals surface area contributed by atoms with Gasteiger partial charge in [0.2, 0.25) is 5.75 Å². The van der Waals surface area contributed by atoms with Crippen molar-refractivity contribution in [3.63, 3.8) is 0 Å². The molecule has 0 bridgehead atoms. The Morgan fingerprint density at radius 1 is 0.775 bits per heavy atom. The summed E-state index contributed by atoms with van der Waals surface area (Å²) >= 11 is 0. The van der Waals surface area contributed by atoms with Gasteiger partial charge in [-0.15, -0.1) is 0 Å². The minimum absolute atomic E-state index is 0.102. The van der Waals surface area contributed by atoms with Gasteiger partial charge in [-0.1, -0.05) is 0 Å². The number of carbonyl (C=O) groups is 1. The number of anilines is 1. The van der Waals surface area contributed by atoms with Gasteiger partial charge in [-0.2, -0.15) is 5.10 Å². The fraction of sp³-hybridized carbons (Fsp3) is 0.259. The van der Waals surface area contributed by atoms with E-state index in [1.54, 1.807) is 24.3 Å². The highest BCUT2D eigenvalue weighted by atomic mass is 32.2. The third-order valence-corrected chi connectivity index (χ3v) is 7.45. The van der Waals surface area contributed by atoms with Crippen molar-refractivity contribution in [2.24, 2.45) is 5.10 Å². The summed E-state index contributed by atoms with van der Waals surface area (Å²) in [5.41, 5.74) is 3.14. The number of ether oxygens (including phenoxy) is 6. The molecular formula is C27H31N3O9S. The second-order valence-electron chi connectivity index (χ2n) is 7.98. The number of sulfonamides is 1. The van der Waals surface area contributed by atoms with Crippen molar-refractivity contribution in [1.82, 2.24) is 5.43 Å². The van der Waals surface area contributed by atoms with Crippen molar-refractivity contribution in [2.75, 3.05) is 53.5 Å². The van der Waals surface area contributed by atoms with Crippen LogP contribution in [0.3, 0.4) is 0 Å². The van der Waals surface area contributed by atoms with E-state index in [2.05, 4.69) is 10.5 Å². The normalized spacial score (nSPS) is 11.1. The summed E-state index contributed by atoms with van der Waals surface area (Å²) in [6.07, 6.45) is 1.36. The van der Waals surface area contributed by atoms with Crippen LogP contribution in [0.4, 0.5) is 5.69 Å². The van der Waals surface area contributed by atoms with E-state index < -0.39 is 22.5 Å². The Labute approximate surface area is 233 Å². The summed E-state index contributed by atoms with van der Waals surface area (Å²) in [5.74, 6) is 1.62. The van der Waals surface area contributed by atoms with Crippen molar-refractivity contribution in [1.29, 1.82) is 0 Å². The second kappa shape index (κ2) is 13.4. The molecule has 0 aliphatic heterocycles. The molecule has 1 amide bonds. The molecule has 0 saturated heterocycles. The Morgan fingerprint density at radius 3 is 1.90 bits per heavy atom. The number of amides is 1. The predicted molar refractivity (Wildman–Crippen MR) is 149 cm³/mol. The van der Waals surface area contributed by atoms with Crippen molar-refractivity contribution >= 4 is 27.8 Å². The van der Waals surface area contributed by atoms with Crippen LogP contribution in [0.2, 0.25) is 0 Å². The number of methoxy groups -OCH3 is 6. The molecule has 0 heterocycles. The van der Waals surface area contributed by atoms with Gasteiger partial charge in [-0.3, -0.25) is 9.10 Å². The summed E-state index contributed by atoms with van der Waals surface area (Å²) in [4.78, 5) is 12.8. The van der Waals surface area contributed by atoms with Gasteiger partial charge in [-0.25, -0.2) is 13.8 Å². The fourth-order valence-electron chi connectivity index (χ4n) is 3.69. The Kier molecular flexibility index (Phi) is 10.0. The molecule has 3 aromatic rings. The highest BCUT2D eigenvalue weighted by Gasteiger charge is 2.28. The number of hydrazone groups is 1. The molecular weight excluding hydrogens is 542 g/mol. The molecule has 40 heavy (non-hydrogen) atoms. The number of carbonyl (C=O) groups excluding carboxylic acids is 1. The first-order chi connectivity index (χ1) is 19.2. The van der Waals surface area contributed by atoms with Crippen molar-refractivity contribution < 1.29 is 41.6 Å². The van der Waals surface area contributed by atoms with Gasteiger partial charge in [0, 0.05) is 11.6 Å². The number of nitrogens with zero attached hydrogens (tertiary/aromatic N) is 2. The molecule has 0 fully saturated rings. The fourth-order valence-corrected chi connectivity index (χ4v) is 5.13. The van der Waals surface area contributed by atoms with Crippen molar-refractivity contribution in [2.45, 2.75) is 4.90 Å². The molecule has 3 rings (SSSR count). The highest BCUT2D eigenvalue weighted by Crippen LogP contribution is 2.38. The average molecular weight is 574 g/mol. The minimum Gasteiger partial charge on any atom is -0.497 e. The zero-order valence-corrected chi connectivity index (χ0v) is 23.8. The number of rotatable bonds is 13. The first kappa shape index (κ1) is 29.9. The van der Waals surface area contributed by atoms with Crippen LogP contribution >= 0.6 is 0 Å². The maximum atomic E-state index is 13.7. The first-order valence-corrected chi connectivity index (χ1v) is 13.2. The van der Waals surface area contributed by atoms with E-state index in [0.29, 0.717) is 34.3 Å². The zero-order chi connectivity index (χ0) is 29.3. The number of hydrogen-bond donors (Lipinski definition) is 1. The molecule has 0 aromatic heterocycles. The smallest absolute Gasteiger partial charge is 0.264 e. The molecule has 13 heteroatoms. The lowest BCUT2D eigenvalue weighted by molar-refractivity contribution is -0.119. The molecule has 0 radical (unpaired) electrons. The topological polar surface area (TPSA) is 134 Å². The van der Waals surface area contributed by atoms with Crippen LogP contribution < -0.4 is 38.2 Å². The van der Waals surface area contributed by atoms with E-state index in [1.165, 1.54) is 79.2 Å². The Balaban J connectivity index is 1.90. The first-order valence-electron chi connectivity index (χ1n) is 11.7. The van der Waals surface area contributed by atoms with Crippen LogP contribution in [-0.4, -0.2) is 69.7 Å². The zero-order valence-electron chi connectivity index (χ0n) is 23.0. The average Bonchev–Trinajstić information content (AvgIpc) is 2.98. The van der Waals surface area contributed by atoms with E-state index in [9.17, 15) is 13.2 Å². The van der Waals surface area contributed by atoms with Gasteiger partial charge in [0.25, 0.3) is 15.9 Å². The highest BCUT2D eigenvalue weighted by molar-refractivity contribution is 7.92. The van der Waals surface area contributed by atoms with Crippen LogP contribution in [0.15, 0.2) is 64.6 Å². The number of hydrogen-bond acceptors (Lipinski definition) is 10. The second-order valence-corrected chi connectivity index (χ2v) is 9.84. The summed E-state index contributed by atoms with van der Waals surface area (Å²) in [7, 11) is 4.54. The van der Waals surface area contributed by atoms with E-state index in [-0.39, 0.29) is 16.3 Å². The molecule has 214 valence electrons. The van der Waals surface area contributed by atoms with Gasteiger partial charge in [0.05, 0.1) is 59.5 Å². The predicted octanol–water partition coefficient (Wildman–Crippen LogP) is 3.08. The minimum atomic E-state index is -4.23. The molecule has 3 aromatic carbocycles. The molecule has 0 aliphatic rings. The third-order valence-electron chi connectivity index (χ3n) is 5.68. The maximum absolute atomic E-state index is 13.7. The summed E-state index contributed by atoms with van der Waals surface area (Å²) in [6.45, 7) is -0.574. The van der Waals surface area contributed by atoms with Crippen LogP contribution in [0, 0.1) is 0 Å². The Morgan fingerprint density at radius 2 is 1.38 bits per heavy atom.